The van der Waals surface area contributed by atoms with Crippen LogP contribution in [0.4, 0.5) is 0 Å². The fourth-order valence-corrected chi connectivity index (χ4v) is 0.625. The molecule has 0 aromatic carbocycles. The van der Waals surface area contributed by atoms with Gasteiger partial charge in [-0.1, -0.05) is 12.1 Å². The summed E-state index contributed by atoms with van der Waals surface area (Å²) in [5.41, 5.74) is 0. The van der Waals surface area contributed by atoms with Gasteiger partial charge >= 0.3 is 0 Å². The molecule has 0 unspecified atom stereocenters. The number of hydrogen-bond donors (Lipinski definition) is 0. The van der Waals surface area contributed by atoms with Gasteiger partial charge in [-0.3, -0.25) is 9.97 Å². The minimum Gasteiger partial charge on any atom is -0.265 e. The van der Waals surface area contributed by atoms with Crippen LogP contribution in [-0.2, 0) is 0 Å². The summed E-state index contributed by atoms with van der Waals surface area (Å²) in [5, 5.41) is 0. The lowest BCUT2D eigenvalue weighted by atomic mass is 10.5. The minimum absolute atomic E-state index is 0. The molecule has 2 rings (SSSR count). The Bertz CT molecular complexity index is 188. The van der Waals surface area contributed by atoms with Gasteiger partial charge in [0, 0.05) is 24.8 Å². The van der Waals surface area contributed by atoms with Crippen LogP contribution in [0.3, 0.4) is 0 Å². The molecule has 0 amide bonds. The molecule has 0 saturated heterocycles. The molecule has 3 heteroatoms. The van der Waals surface area contributed by atoms with Crippen LogP contribution in [-0.4, -0.2) is 9.97 Å². The molecule has 0 fully saturated rings. The van der Waals surface area contributed by atoms with Crippen LogP contribution >= 0.6 is 0 Å². The second-order valence-corrected chi connectivity index (χ2v) is 2.05. The number of hydrogen-bond acceptors (Lipinski definition) is 2. The van der Waals surface area contributed by atoms with Crippen molar-refractivity contribution in [2.24, 2.45) is 0 Å². The molecule has 2 nitrogen and oxygen atoms in total. The van der Waals surface area contributed by atoms with Gasteiger partial charge < -0.3 is 0 Å². The molecule has 2 aromatic rings. The third-order valence-electron chi connectivity index (χ3n) is 1.13. The van der Waals surface area contributed by atoms with Crippen molar-refractivity contribution >= 4 is 0 Å². The largest absolute Gasteiger partial charge is 0.265 e. The van der Waals surface area contributed by atoms with Crippen molar-refractivity contribution in [3.05, 3.63) is 61.2 Å². The van der Waals surface area contributed by atoms with Gasteiger partial charge in [-0.15, -0.1) is 0 Å². The molecule has 0 spiro atoms. The van der Waals surface area contributed by atoms with E-state index in [-0.39, 0.29) is 24.0 Å². The van der Waals surface area contributed by atoms with E-state index in [4.69, 9.17) is 0 Å². The van der Waals surface area contributed by atoms with Gasteiger partial charge in [0.15, 0.2) is 0 Å². The molecule has 0 aliphatic heterocycles. The summed E-state index contributed by atoms with van der Waals surface area (Å²) in [5.74, 6) is 0. The minimum atomic E-state index is 0. The Kier molecular flexibility index (Phi) is 8.44. The van der Waals surface area contributed by atoms with E-state index in [0.29, 0.717) is 0 Å². The predicted octanol–water partition coefficient (Wildman–Crippen LogP) is -1.37. The second-order valence-electron chi connectivity index (χ2n) is 2.05. The summed E-state index contributed by atoms with van der Waals surface area (Å²) < 4.78 is 0. The molecule has 2 aromatic heterocycles. The van der Waals surface area contributed by atoms with Gasteiger partial charge in [0.1, 0.15) is 0 Å². The first-order chi connectivity index (χ1) is 6.00. The van der Waals surface area contributed by atoms with Crippen molar-refractivity contribution in [2.45, 2.75) is 0 Å². The zero-order valence-corrected chi connectivity index (χ0v) is 9.67. The summed E-state index contributed by atoms with van der Waals surface area (Å²) >= 11 is 0. The highest BCUT2D eigenvalue weighted by molar-refractivity contribution is 4.88. The van der Waals surface area contributed by atoms with Crippen molar-refractivity contribution in [3.8, 4) is 0 Å². The van der Waals surface area contributed by atoms with Crippen molar-refractivity contribution in [2.75, 3.05) is 0 Å². The second kappa shape index (κ2) is 9.12. The maximum Gasteiger partial charge on any atom is 0.235 e. The third kappa shape index (κ3) is 7.39. The lowest BCUT2D eigenvalue weighted by Crippen LogP contribution is -3.00. The van der Waals surface area contributed by atoms with Gasteiger partial charge in [0.25, 0.3) is 0 Å². The van der Waals surface area contributed by atoms with Gasteiger partial charge in [-0.05, 0) is 24.3 Å². The molecule has 68 valence electrons. The molecule has 0 radical (unpaired) electrons. The molecule has 0 N–H and O–H groups in total. The van der Waals surface area contributed by atoms with Crippen molar-refractivity contribution in [1.29, 1.82) is 0 Å². The van der Waals surface area contributed by atoms with Crippen molar-refractivity contribution in [3.63, 3.8) is 0 Å². The average molecular weight is 287 g/mol. The summed E-state index contributed by atoms with van der Waals surface area (Å²) in [6.07, 6.45) is 7.00. The molecule has 0 atom stereocenters. The van der Waals surface area contributed by atoms with Crippen LogP contribution in [0.1, 0.15) is 0 Å². The Balaban J connectivity index is 0.000000206. The number of nitrogens with zero attached hydrogens (tertiary/aromatic N) is 2. The van der Waals surface area contributed by atoms with E-state index in [1.54, 1.807) is 24.8 Å². The lowest BCUT2D eigenvalue weighted by molar-refractivity contribution is -0.00000256. The summed E-state index contributed by atoms with van der Waals surface area (Å²) in [6, 6.07) is 11.4. The van der Waals surface area contributed by atoms with Gasteiger partial charge in [0.05, 0.1) is 0 Å². The fourth-order valence-electron chi connectivity index (χ4n) is 0.625. The van der Waals surface area contributed by atoms with E-state index in [1.165, 1.54) is 0 Å². The number of rotatable bonds is 0. The summed E-state index contributed by atoms with van der Waals surface area (Å²) in [7, 11) is 0. The lowest BCUT2D eigenvalue weighted by Gasteiger charge is -1.70. The van der Waals surface area contributed by atoms with Crippen LogP contribution in [0.15, 0.2) is 61.2 Å². The number of aromatic nitrogens is 2. The predicted molar refractivity (Wildman–Crippen MR) is 51.3 cm³/mol. The molecule has 0 aliphatic carbocycles. The van der Waals surface area contributed by atoms with E-state index >= 15 is 0 Å². The highest BCUT2D eigenvalue weighted by atomic mass is 127. The Labute approximate surface area is 95.1 Å². The third-order valence-corrected chi connectivity index (χ3v) is 1.13. The van der Waals surface area contributed by atoms with Crippen LogP contribution in [0, 0.1) is 0 Å². The van der Waals surface area contributed by atoms with E-state index in [1.807, 2.05) is 36.4 Å². The van der Waals surface area contributed by atoms with E-state index < -0.39 is 0 Å². The van der Waals surface area contributed by atoms with E-state index in [2.05, 4.69) is 9.97 Å². The molecule has 2 heterocycles. The molecule has 0 aliphatic rings. The van der Waals surface area contributed by atoms with Gasteiger partial charge in [0.2, 0.25) is 24.0 Å². The maximum absolute atomic E-state index is 3.78. The topological polar surface area (TPSA) is 25.8 Å². The Morgan fingerprint density at radius 3 is 0.846 bits per heavy atom. The first-order valence-corrected chi connectivity index (χ1v) is 3.70. The summed E-state index contributed by atoms with van der Waals surface area (Å²) in [4.78, 5) is 7.57. The molecular weight excluding hydrogens is 275 g/mol. The molecule has 0 bridgehead atoms. The van der Waals surface area contributed by atoms with Crippen LogP contribution in [0.5, 0.6) is 0 Å². The van der Waals surface area contributed by atoms with Gasteiger partial charge in [-0.2, -0.15) is 0 Å². The molecule has 0 saturated carbocycles. The normalized spacial score (nSPS) is 7.38. The Hall–Kier alpha value is -0.970. The zero-order valence-electron chi connectivity index (χ0n) is 7.12. The Morgan fingerprint density at radius 1 is 0.462 bits per heavy atom. The highest BCUT2D eigenvalue weighted by Crippen LogP contribution is 1.74. The van der Waals surface area contributed by atoms with Crippen molar-refractivity contribution in [1.82, 2.24) is 9.97 Å². The van der Waals surface area contributed by atoms with Gasteiger partial charge in [-0.25, -0.2) is 0 Å². The maximum atomic E-state index is 3.78. The Morgan fingerprint density at radius 2 is 0.769 bits per heavy atom. The molecule has 13 heavy (non-hydrogen) atoms. The van der Waals surface area contributed by atoms with Crippen molar-refractivity contribution < 1.29 is 24.0 Å². The first-order valence-electron chi connectivity index (χ1n) is 3.70. The van der Waals surface area contributed by atoms with E-state index in [0.717, 1.165) is 0 Å². The monoisotopic (exact) mass is 287 g/mol. The van der Waals surface area contributed by atoms with Crippen LogP contribution < -0.4 is 24.0 Å². The number of pyridine rings is 2. The highest BCUT2D eigenvalue weighted by Gasteiger charge is 1.59. The zero-order chi connectivity index (χ0) is 8.49. The smallest absolute Gasteiger partial charge is 0.235 e. The molecular formula is C10H12IN2+. The first kappa shape index (κ1) is 12.0. The average Bonchev–Trinajstić information content (AvgIpc) is 2.24. The fraction of sp³-hybridized carbons (Fsp3) is 0. The van der Waals surface area contributed by atoms with Crippen LogP contribution in [0.25, 0.3) is 0 Å². The van der Waals surface area contributed by atoms with Crippen LogP contribution in [0.2, 0.25) is 0 Å². The quantitative estimate of drug-likeness (QED) is 0.559. The standard InChI is InChI=1S/2C5H5N.H2I/c2*1-2-4-6-5-3-1;/h2*1-5H;1H2/q;;+1. The summed E-state index contributed by atoms with van der Waals surface area (Å²) in [6.45, 7) is 0. The SMILES string of the molecule is [IH2+].c1ccncc1.c1ccncc1. The number of halogens is 1. The van der Waals surface area contributed by atoms with E-state index in [9.17, 15) is 0 Å².